The fourth-order valence-electron chi connectivity index (χ4n) is 3.31. The van der Waals surface area contributed by atoms with E-state index in [9.17, 15) is 14.4 Å². The number of thiophene rings is 1. The fourth-order valence-corrected chi connectivity index (χ4v) is 4.24. The summed E-state index contributed by atoms with van der Waals surface area (Å²) in [6.45, 7) is 2.95. The number of esters is 1. The molecule has 0 bridgehead atoms. The number of rotatable bonds is 9. The molecular formula is C25H23N3O5S. The van der Waals surface area contributed by atoms with Crippen LogP contribution in [0.5, 0.6) is 0 Å². The molecule has 0 unspecified atom stereocenters. The number of aromatic nitrogens is 2. The molecule has 8 nitrogen and oxygen atoms in total. The third kappa shape index (κ3) is 5.56. The third-order valence-electron chi connectivity index (χ3n) is 5.02. The highest BCUT2D eigenvalue weighted by molar-refractivity contribution is 7.16. The first kappa shape index (κ1) is 23.3. The molecule has 0 fully saturated rings. The Morgan fingerprint density at radius 2 is 1.79 bits per heavy atom. The number of nitrogens with zero attached hydrogens (tertiary/aromatic N) is 1. The van der Waals surface area contributed by atoms with E-state index in [1.54, 1.807) is 31.2 Å². The van der Waals surface area contributed by atoms with Gasteiger partial charge in [0.25, 0.3) is 11.5 Å². The number of fused-ring (bicyclic) bond motifs is 1. The van der Waals surface area contributed by atoms with E-state index in [1.165, 1.54) is 11.3 Å². The van der Waals surface area contributed by atoms with Crippen molar-refractivity contribution in [3.8, 4) is 0 Å². The van der Waals surface area contributed by atoms with Gasteiger partial charge in [0.2, 0.25) is 5.82 Å². The molecule has 4 rings (SSSR count). The van der Waals surface area contributed by atoms with E-state index in [4.69, 9.17) is 9.47 Å². The molecule has 0 aliphatic rings. The number of aromatic amines is 1. The van der Waals surface area contributed by atoms with Gasteiger partial charge in [0.05, 0.1) is 30.8 Å². The minimum absolute atomic E-state index is 0.0237. The minimum atomic E-state index is -0.444. The molecule has 34 heavy (non-hydrogen) atoms. The van der Waals surface area contributed by atoms with Gasteiger partial charge in [-0.15, -0.1) is 11.3 Å². The van der Waals surface area contributed by atoms with Crippen LogP contribution in [0.15, 0.2) is 64.8 Å². The van der Waals surface area contributed by atoms with Crippen LogP contribution in [0.25, 0.3) is 10.2 Å². The lowest BCUT2D eigenvalue weighted by Gasteiger charge is -2.06. The molecule has 2 N–H and O–H groups in total. The van der Waals surface area contributed by atoms with Gasteiger partial charge in [0.1, 0.15) is 4.83 Å². The highest BCUT2D eigenvalue weighted by atomic mass is 32.1. The second kappa shape index (κ2) is 10.9. The molecule has 4 aromatic rings. The maximum atomic E-state index is 12.7. The molecule has 0 saturated heterocycles. The third-order valence-corrected chi connectivity index (χ3v) is 5.94. The first-order valence-electron chi connectivity index (χ1n) is 10.7. The van der Waals surface area contributed by atoms with Gasteiger partial charge in [0.15, 0.2) is 0 Å². The molecule has 9 heteroatoms. The van der Waals surface area contributed by atoms with Gasteiger partial charge in [-0.05, 0) is 35.6 Å². The van der Waals surface area contributed by atoms with Crippen molar-refractivity contribution in [3.63, 3.8) is 0 Å². The zero-order chi connectivity index (χ0) is 23.9. The molecule has 0 spiro atoms. The highest BCUT2D eigenvalue weighted by Gasteiger charge is 2.15. The summed E-state index contributed by atoms with van der Waals surface area (Å²) in [4.78, 5) is 44.3. The topological polar surface area (TPSA) is 110 Å². The van der Waals surface area contributed by atoms with Gasteiger partial charge in [-0.2, -0.15) is 0 Å². The van der Waals surface area contributed by atoms with E-state index in [0.29, 0.717) is 41.1 Å². The quantitative estimate of drug-likeness (QED) is 0.355. The number of amides is 1. The SMILES string of the molecule is CCOC(=O)c1ccc(COCc2csc3nc(C(=O)NCc4ccccc4)[nH]c(=O)c23)cc1. The number of nitrogens with one attached hydrogen (secondary N) is 2. The predicted molar refractivity (Wildman–Crippen MR) is 129 cm³/mol. The normalized spacial score (nSPS) is 10.9. The molecule has 0 aliphatic heterocycles. The second-order valence-electron chi connectivity index (χ2n) is 7.43. The van der Waals surface area contributed by atoms with Crippen LogP contribution in [-0.2, 0) is 29.2 Å². The lowest BCUT2D eigenvalue weighted by Crippen LogP contribution is -2.27. The standard InChI is InChI=1S/C25H23N3O5S/c1-2-33-25(31)18-10-8-17(9-11-18)13-32-14-19-15-34-24-20(19)22(29)27-21(28-24)23(30)26-12-16-6-4-3-5-7-16/h3-11,15H,2,12-14H2,1H3,(H,26,30)(H,27,28,29). The zero-order valence-electron chi connectivity index (χ0n) is 18.5. The average Bonchev–Trinajstić information content (AvgIpc) is 3.27. The number of carbonyl (C=O) groups excluding carboxylic acids is 2. The summed E-state index contributed by atoms with van der Waals surface area (Å²) in [5, 5.41) is 4.99. The monoisotopic (exact) mass is 477 g/mol. The van der Waals surface area contributed by atoms with Crippen molar-refractivity contribution >= 4 is 33.4 Å². The van der Waals surface area contributed by atoms with Gasteiger partial charge < -0.3 is 19.8 Å². The van der Waals surface area contributed by atoms with Gasteiger partial charge in [-0.1, -0.05) is 42.5 Å². The summed E-state index contributed by atoms with van der Waals surface area (Å²) >= 11 is 1.29. The molecule has 0 saturated carbocycles. The summed E-state index contributed by atoms with van der Waals surface area (Å²) in [5.41, 5.74) is 2.64. The number of carbonyl (C=O) groups is 2. The predicted octanol–water partition coefficient (Wildman–Crippen LogP) is 3.81. The highest BCUT2D eigenvalue weighted by Crippen LogP contribution is 2.22. The maximum Gasteiger partial charge on any atom is 0.338 e. The van der Waals surface area contributed by atoms with E-state index in [2.05, 4.69) is 15.3 Å². The van der Waals surface area contributed by atoms with Crippen molar-refractivity contribution in [2.24, 2.45) is 0 Å². The Morgan fingerprint density at radius 1 is 1.03 bits per heavy atom. The Labute approximate surface area is 199 Å². The Hall–Kier alpha value is -3.82. The Morgan fingerprint density at radius 3 is 2.53 bits per heavy atom. The lowest BCUT2D eigenvalue weighted by atomic mass is 10.1. The Kier molecular flexibility index (Phi) is 7.46. The van der Waals surface area contributed by atoms with E-state index < -0.39 is 5.91 Å². The molecule has 174 valence electrons. The van der Waals surface area contributed by atoms with Gasteiger partial charge in [-0.3, -0.25) is 9.59 Å². The van der Waals surface area contributed by atoms with Crippen LogP contribution in [0, 0.1) is 0 Å². The first-order valence-corrected chi connectivity index (χ1v) is 11.6. The zero-order valence-corrected chi connectivity index (χ0v) is 19.3. The van der Waals surface area contributed by atoms with Crippen LogP contribution in [0.4, 0.5) is 0 Å². The number of hydrogen-bond acceptors (Lipinski definition) is 7. The Bertz CT molecular complexity index is 1350. The van der Waals surface area contributed by atoms with Crippen molar-refractivity contribution in [3.05, 3.63) is 98.4 Å². The van der Waals surface area contributed by atoms with Crippen LogP contribution < -0.4 is 10.9 Å². The summed E-state index contributed by atoms with van der Waals surface area (Å²) < 4.78 is 10.7. The molecular weight excluding hydrogens is 454 g/mol. The lowest BCUT2D eigenvalue weighted by molar-refractivity contribution is 0.0526. The van der Waals surface area contributed by atoms with Gasteiger partial charge in [-0.25, -0.2) is 9.78 Å². The van der Waals surface area contributed by atoms with Gasteiger partial charge in [0, 0.05) is 12.1 Å². The average molecular weight is 478 g/mol. The smallest absolute Gasteiger partial charge is 0.338 e. The van der Waals surface area contributed by atoms with E-state index in [0.717, 1.165) is 11.1 Å². The summed E-state index contributed by atoms with van der Waals surface area (Å²) in [5.74, 6) is -0.829. The van der Waals surface area contributed by atoms with Crippen molar-refractivity contribution in [2.75, 3.05) is 6.61 Å². The van der Waals surface area contributed by atoms with Crippen molar-refractivity contribution < 1.29 is 19.1 Å². The Balaban J connectivity index is 1.38. The maximum absolute atomic E-state index is 12.7. The van der Waals surface area contributed by atoms with E-state index in [-0.39, 0.29) is 24.0 Å². The number of hydrogen-bond donors (Lipinski definition) is 2. The van der Waals surface area contributed by atoms with Crippen molar-refractivity contribution in [1.82, 2.24) is 15.3 Å². The van der Waals surface area contributed by atoms with Crippen LogP contribution in [0.3, 0.4) is 0 Å². The summed E-state index contributed by atoms with van der Waals surface area (Å²) in [6.07, 6.45) is 0. The van der Waals surface area contributed by atoms with Crippen LogP contribution in [0.1, 0.15) is 44.6 Å². The molecule has 2 heterocycles. The first-order chi connectivity index (χ1) is 16.5. The molecule has 0 radical (unpaired) electrons. The van der Waals surface area contributed by atoms with Gasteiger partial charge >= 0.3 is 5.97 Å². The summed E-state index contributed by atoms with van der Waals surface area (Å²) in [7, 11) is 0. The molecule has 2 aromatic heterocycles. The summed E-state index contributed by atoms with van der Waals surface area (Å²) in [6, 6.07) is 16.5. The number of benzene rings is 2. The van der Waals surface area contributed by atoms with E-state index in [1.807, 2.05) is 35.7 Å². The fraction of sp³-hybridized carbons (Fsp3) is 0.200. The number of ether oxygens (including phenoxy) is 2. The van der Waals surface area contributed by atoms with E-state index >= 15 is 0 Å². The van der Waals surface area contributed by atoms with Crippen molar-refractivity contribution in [1.29, 1.82) is 0 Å². The van der Waals surface area contributed by atoms with Crippen LogP contribution in [0.2, 0.25) is 0 Å². The minimum Gasteiger partial charge on any atom is -0.462 e. The second-order valence-corrected chi connectivity index (χ2v) is 8.29. The number of H-pyrrole nitrogens is 1. The molecule has 2 aromatic carbocycles. The molecule has 1 amide bonds. The largest absolute Gasteiger partial charge is 0.462 e. The molecule has 0 atom stereocenters. The van der Waals surface area contributed by atoms with Crippen LogP contribution in [-0.4, -0.2) is 28.5 Å². The molecule has 0 aliphatic carbocycles. The van der Waals surface area contributed by atoms with Crippen molar-refractivity contribution in [2.45, 2.75) is 26.7 Å². The van der Waals surface area contributed by atoms with Crippen LogP contribution >= 0.6 is 11.3 Å².